The predicted molar refractivity (Wildman–Crippen MR) is 72.2 cm³/mol. The molecule has 0 unspecified atom stereocenters. The van der Waals surface area contributed by atoms with Gasteiger partial charge in [0.2, 0.25) is 0 Å². The van der Waals surface area contributed by atoms with E-state index in [0.29, 0.717) is 5.56 Å². The molecule has 0 aliphatic rings. The molecule has 0 saturated carbocycles. The standard InChI is InChI=1S/C12H15FINO2/c1-12(2,3)17-11(16)15-7-8-4-9(13)6-10(14)5-8/h4-6H,7H2,1-3H3,(H,15,16). The van der Waals surface area contributed by atoms with Crippen LogP contribution >= 0.6 is 22.6 Å². The van der Waals surface area contributed by atoms with Crippen LogP contribution in [0, 0.1) is 9.39 Å². The Labute approximate surface area is 114 Å². The Morgan fingerprint density at radius 3 is 2.59 bits per heavy atom. The Morgan fingerprint density at radius 1 is 1.41 bits per heavy atom. The summed E-state index contributed by atoms with van der Waals surface area (Å²) in [6.07, 6.45) is -0.503. The normalized spacial score (nSPS) is 11.1. The van der Waals surface area contributed by atoms with Crippen molar-refractivity contribution in [3.63, 3.8) is 0 Å². The number of benzene rings is 1. The van der Waals surface area contributed by atoms with Crippen molar-refractivity contribution in [3.8, 4) is 0 Å². The summed E-state index contributed by atoms with van der Waals surface area (Å²) in [6, 6.07) is 4.62. The van der Waals surface area contributed by atoms with Crippen LogP contribution in [0.1, 0.15) is 26.3 Å². The number of rotatable bonds is 2. The molecule has 0 radical (unpaired) electrons. The maximum Gasteiger partial charge on any atom is 0.407 e. The number of alkyl carbamates (subject to hydrolysis) is 1. The van der Waals surface area contributed by atoms with E-state index >= 15 is 0 Å². The first kappa shape index (κ1) is 14.2. The van der Waals surface area contributed by atoms with Gasteiger partial charge in [0.1, 0.15) is 11.4 Å². The second-order valence-electron chi connectivity index (χ2n) is 4.63. The van der Waals surface area contributed by atoms with E-state index in [1.54, 1.807) is 26.8 Å². The summed E-state index contributed by atoms with van der Waals surface area (Å²) in [5.74, 6) is -0.308. The molecule has 0 fully saturated rings. The fourth-order valence-electron chi connectivity index (χ4n) is 1.20. The summed E-state index contributed by atoms with van der Waals surface area (Å²) in [6.45, 7) is 5.62. The molecule has 1 aromatic carbocycles. The molecule has 1 N–H and O–H groups in total. The number of amides is 1. The Hall–Kier alpha value is -0.850. The van der Waals surface area contributed by atoms with Crippen LogP contribution in [0.3, 0.4) is 0 Å². The fourth-order valence-corrected chi connectivity index (χ4v) is 1.90. The molecule has 5 heteroatoms. The molecule has 0 atom stereocenters. The Kier molecular flexibility index (Phi) is 4.73. The molecule has 1 rings (SSSR count). The molecular formula is C12H15FINO2. The van der Waals surface area contributed by atoms with Crippen LogP contribution in [0.15, 0.2) is 18.2 Å². The lowest BCUT2D eigenvalue weighted by Gasteiger charge is -2.19. The van der Waals surface area contributed by atoms with Crippen molar-refractivity contribution in [1.82, 2.24) is 5.32 Å². The minimum absolute atomic E-state index is 0.253. The van der Waals surface area contributed by atoms with Crippen molar-refractivity contribution < 1.29 is 13.9 Å². The highest BCUT2D eigenvalue weighted by molar-refractivity contribution is 14.1. The molecule has 0 aliphatic carbocycles. The molecule has 0 aliphatic heterocycles. The fraction of sp³-hybridized carbons (Fsp3) is 0.417. The lowest BCUT2D eigenvalue weighted by molar-refractivity contribution is 0.0523. The minimum Gasteiger partial charge on any atom is -0.444 e. The molecule has 0 saturated heterocycles. The second kappa shape index (κ2) is 5.66. The third-order valence-corrected chi connectivity index (χ3v) is 2.38. The minimum atomic E-state index is -0.527. The quantitative estimate of drug-likeness (QED) is 0.829. The summed E-state index contributed by atoms with van der Waals surface area (Å²) >= 11 is 2.03. The summed E-state index contributed by atoms with van der Waals surface area (Å²) < 4.78 is 18.9. The highest BCUT2D eigenvalue weighted by atomic mass is 127. The first-order valence-electron chi connectivity index (χ1n) is 5.18. The van der Waals surface area contributed by atoms with E-state index in [1.807, 2.05) is 22.6 Å². The van der Waals surface area contributed by atoms with Crippen molar-refractivity contribution in [1.29, 1.82) is 0 Å². The summed E-state index contributed by atoms with van der Waals surface area (Å²) in [4.78, 5) is 11.4. The van der Waals surface area contributed by atoms with E-state index in [1.165, 1.54) is 12.1 Å². The van der Waals surface area contributed by atoms with Crippen LogP contribution in [0.2, 0.25) is 0 Å². The molecule has 3 nitrogen and oxygen atoms in total. The maximum atomic E-state index is 13.1. The summed E-state index contributed by atoms with van der Waals surface area (Å²) in [5.41, 5.74) is 0.181. The molecule has 0 bridgehead atoms. The molecule has 0 spiro atoms. The number of hydrogen-bond donors (Lipinski definition) is 1. The largest absolute Gasteiger partial charge is 0.444 e. The zero-order valence-electron chi connectivity index (χ0n) is 10.0. The summed E-state index contributed by atoms with van der Waals surface area (Å²) in [7, 11) is 0. The topological polar surface area (TPSA) is 38.3 Å². The Bertz CT molecular complexity index is 395. The third-order valence-electron chi connectivity index (χ3n) is 1.76. The number of carbonyl (C=O) groups is 1. The first-order valence-corrected chi connectivity index (χ1v) is 6.26. The molecule has 1 amide bonds. The van der Waals surface area contributed by atoms with Crippen molar-refractivity contribution >= 4 is 28.7 Å². The van der Waals surface area contributed by atoms with Crippen LogP contribution in [0.4, 0.5) is 9.18 Å². The predicted octanol–water partition coefficient (Wildman–Crippen LogP) is 3.46. The van der Waals surface area contributed by atoms with Crippen LogP contribution < -0.4 is 5.32 Å². The smallest absolute Gasteiger partial charge is 0.407 e. The van der Waals surface area contributed by atoms with Gasteiger partial charge in [0, 0.05) is 10.1 Å². The molecule has 0 heterocycles. The third kappa shape index (κ3) is 5.86. The number of hydrogen-bond acceptors (Lipinski definition) is 2. The van der Waals surface area contributed by atoms with Gasteiger partial charge in [0.25, 0.3) is 0 Å². The zero-order valence-corrected chi connectivity index (χ0v) is 12.2. The van der Waals surface area contributed by atoms with Crippen molar-refractivity contribution in [2.75, 3.05) is 0 Å². The molecule has 94 valence electrons. The SMILES string of the molecule is CC(C)(C)OC(=O)NCc1cc(F)cc(I)c1. The Balaban J connectivity index is 2.53. The van der Waals surface area contributed by atoms with Crippen molar-refractivity contribution in [3.05, 3.63) is 33.1 Å². The van der Waals surface area contributed by atoms with E-state index in [4.69, 9.17) is 4.74 Å². The van der Waals surface area contributed by atoms with Gasteiger partial charge in [-0.25, -0.2) is 9.18 Å². The lowest BCUT2D eigenvalue weighted by Crippen LogP contribution is -2.32. The number of halogens is 2. The van der Waals surface area contributed by atoms with E-state index in [0.717, 1.165) is 3.57 Å². The Morgan fingerprint density at radius 2 is 2.06 bits per heavy atom. The van der Waals surface area contributed by atoms with Crippen LogP contribution in [-0.4, -0.2) is 11.7 Å². The van der Waals surface area contributed by atoms with E-state index in [-0.39, 0.29) is 12.4 Å². The molecule has 0 aromatic heterocycles. The van der Waals surface area contributed by atoms with Gasteiger partial charge in [-0.05, 0) is 67.1 Å². The van der Waals surface area contributed by atoms with Gasteiger partial charge >= 0.3 is 6.09 Å². The first-order chi connectivity index (χ1) is 7.76. The maximum absolute atomic E-state index is 13.1. The van der Waals surface area contributed by atoms with E-state index in [9.17, 15) is 9.18 Å². The average molecular weight is 351 g/mol. The van der Waals surface area contributed by atoms with Gasteiger partial charge in [-0.3, -0.25) is 0 Å². The van der Waals surface area contributed by atoms with Gasteiger partial charge in [-0.1, -0.05) is 0 Å². The van der Waals surface area contributed by atoms with Crippen LogP contribution in [0.5, 0.6) is 0 Å². The van der Waals surface area contributed by atoms with Crippen LogP contribution in [-0.2, 0) is 11.3 Å². The number of carbonyl (C=O) groups excluding carboxylic acids is 1. The monoisotopic (exact) mass is 351 g/mol. The average Bonchev–Trinajstić information content (AvgIpc) is 2.10. The van der Waals surface area contributed by atoms with Gasteiger partial charge < -0.3 is 10.1 Å². The summed E-state index contributed by atoms with van der Waals surface area (Å²) in [5, 5.41) is 2.58. The van der Waals surface area contributed by atoms with Crippen LogP contribution in [0.25, 0.3) is 0 Å². The van der Waals surface area contributed by atoms with E-state index in [2.05, 4.69) is 5.32 Å². The molecular weight excluding hydrogens is 336 g/mol. The highest BCUT2D eigenvalue weighted by Gasteiger charge is 2.15. The van der Waals surface area contributed by atoms with Gasteiger partial charge in [-0.2, -0.15) is 0 Å². The molecule has 1 aromatic rings. The van der Waals surface area contributed by atoms with Crippen molar-refractivity contribution in [2.45, 2.75) is 32.9 Å². The van der Waals surface area contributed by atoms with Gasteiger partial charge in [-0.15, -0.1) is 0 Å². The molecule has 17 heavy (non-hydrogen) atoms. The number of nitrogens with one attached hydrogen (secondary N) is 1. The van der Waals surface area contributed by atoms with E-state index < -0.39 is 11.7 Å². The number of ether oxygens (including phenoxy) is 1. The van der Waals surface area contributed by atoms with Gasteiger partial charge in [0.15, 0.2) is 0 Å². The highest BCUT2D eigenvalue weighted by Crippen LogP contribution is 2.12. The van der Waals surface area contributed by atoms with Crippen molar-refractivity contribution in [2.24, 2.45) is 0 Å². The second-order valence-corrected chi connectivity index (χ2v) is 5.88. The zero-order chi connectivity index (χ0) is 13.1. The van der Waals surface area contributed by atoms with Gasteiger partial charge in [0.05, 0.1) is 0 Å². The lowest BCUT2D eigenvalue weighted by atomic mass is 10.2.